The second-order valence-corrected chi connectivity index (χ2v) is 6.86. The van der Waals surface area contributed by atoms with Crippen LogP contribution in [0, 0.1) is 0 Å². The van der Waals surface area contributed by atoms with E-state index in [0.717, 1.165) is 12.8 Å². The van der Waals surface area contributed by atoms with Crippen molar-refractivity contribution in [2.24, 2.45) is 7.05 Å². The van der Waals surface area contributed by atoms with E-state index in [2.05, 4.69) is 34.5 Å². The fourth-order valence-corrected chi connectivity index (χ4v) is 2.86. The summed E-state index contributed by atoms with van der Waals surface area (Å²) in [4.78, 5) is 13.1. The van der Waals surface area contributed by atoms with E-state index >= 15 is 0 Å². The highest BCUT2D eigenvalue weighted by Crippen LogP contribution is 2.10. The molecule has 5 heteroatoms. The first kappa shape index (κ1) is 21.5. The summed E-state index contributed by atoms with van der Waals surface area (Å²) in [5.41, 5.74) is 0. The highest BCUT2D eigenvalue weighted by atomic mass is 16.1. The zero-order chi connectivity index (χ0) is 18.2. The molecule has 1 aromatic heterocycles. The molecule has 0 spiro atoms. The van der Waals surface area contributed by atoms with Crippen LogP contribution in [0.25, 0.3) is 0 Å². The summed E-state index contributed by atoms with van der Waals surface area (Å²) in [6.07, 6.45) is 21.6. The van der Waals surface area contributed by atoms with Gasteiger partial charge in [0, 0.05) is 6.42 Å². The summed E-state index contributed by atoms with van der Waals surface area (Å²) in [5.74, 6) is 0.253. The van der Waals surface area contributed by atoms with Gasteiger partial charge in [0.1, 0.15) is 0 Å². The number of ketones is 1. The van der Waals surface area contributed by atoms with E-state index < -0.39 is 0 Å². The fraction of sp³-hybridized carbons (Fsp3) is 0.800. The van der Waals surface area contributed by atoms with Gasteiger partial charge in [0.2, 0.25) is 11.6 Å². The average Bonchev–Trinajstić information content (AvgIpc) is 3.04. The Morgan fingerprint density at radius 3 is 2.00 bits per heavy atom. The molecule has 0 radical (unpaired) electrons. The van der Waals surface area contributed by atoms with E-state index in [0.29, 0.717) is 6.42 Å². The number of unbranched alkanes of at least 4 members (excludes halogenated alkanes) is 11. The van der Waals surface area contributed by atoms with Crippen LogP contribution in [-0.2, 0) is 7.05 Å². The molecule has 0 aliphatic rings. The van der Waals surface area contributed by atoms with E-state index in [1.807, 2.05) is 0 Å². The standard InChI is InChI=1S/C20H36N4O/c1-3-4-5-6-7-8-9-10-11-12-13-14-15-16-17-18-19(25)20-21-23-24(2)22-20/h10-11H,3-9,12-18H2,1-2H3. The van der Waals surface area contributed by atoms with Gasteiger partial charge in [-0.1, -0.05) is 70.4 Å². The number of hydrogen-bond acceptors (Lipinski definition) is 4. The summed E-state index contributed by atoms with van der Waals surface area (Å²) in [5, 5.41) is 11.4. The van der Waals surface area contributed by atoms with Crippen molar-refractivity contribution >= 4 is 5.78 Å². The maximum absolute atomic E-state index is 11.8. The van der Waals surface area contributed by atoms with Crippen molar-refractivity contribution in [1.29, 1.82) is 0 Å². The Labute approximate surface area is 153 Å². The van der Waals surface area contributed by atoms with Crippen molar-refractivity contribution < 1.29 is 4.79 Å². The first-order chi connectivity index (χ1) is 12.2. The molecule has 1 rings (SSSR count). The third-order valence-corrected chi connectivity index (χ3v) is 4.42. The predicted octanol–water partition coefficient (Wildman–Crippen LogP) is 5.43. The molecule has 0 bridgehead atoms. The van der Waals surface area contributed by atoms with Gasteiger partial charge in [-0.25, -0.2) is 0 Å². The number of carbonyl (C=O) groups is 1. The van der Waals surface area contributed by atoms with Gasteiger partial charge in [-0.2, -0.15) is 4.80 Å². The molecular formula is C20H36N4O. The number of hydrogen-bond donors (Lipinski definition) is 0. The minimum absolute atomic E-state index is 0.00530. The van der Waals surface area contributed by atoms with E-state index in [9.17, 15) is 4.79 Å². The molecule has 0 saturated carbocycles. The third kappa shape index (κ3) is 11.6. The van der Waals surface area contributed by atoms with Crippen LogP contribution >= 0.6 is 0 Å². The third-order valence-electron chi connectivity index (χ3n) is 4.42. The molecule has 0 aliphatic heterocycles. The minimum Gasteiger partial charge on any atom is -0.291 e. The van der Waals surface area contributed by atoms with Crippen molar-refractivity contribution in [3.63, 3.8) is 0 Å². The number of Topliss-reactive ketones (excluding diaryl/α,β-unsaturated/α-hetero) is 1. The lowest BCUT2D eigenvalue weighted by Gasteiger charge is -1.99. The summed E-state index contributed by atoms with van der Waals surface area (Å²) in [6, 6.07) is 0. The zero-order valence-electron chi connectivity index (χ0n) is 16.3. The van der Waals surface area contributed by atoms with Crippen molar-refractivity contribution in [2.45, 2.75) is 96.8 Å². The molecule has 5 nitrogen and oxygen atoms in total. The van der Waals surface area contributed by atoms with Gasteiger partial charge in [-0.05, 0) is 37.3 Å². The first-order valence-corrected chi connectivity index (χ1v) is 10.2. The van der Waals surface area contributed by atoms with Gasteiger partial charge < -0.3 is 0 Å². The lowest BCUT2D eigenvalue weighted by molar-refractivity contribution is 0.0968. The SMILES string of the molecule is CCCCCCCCC=CCCCCCCCC(=O)c1nnn(C)n1. The van der Waals surface area contributed by atoms with Gasteiger partial charge in [0.05, 0.1) is 7.05 Å². The molecule has 0 aromatic carbocycles. The van der Waals surface area contributed by atoms with Gasteiger partial charge in [0.25, 0.3) is 0 Å². The summed E-state index contributed by atoms with van der Waals surface area (Å²) in [7, 11) is 1.67. The van der Waals surface area contributed by atoms with Gasteiger partial charge in [-0.3, -0.25) is 4.79 Å². The molecule has 0 unspecified atom stereocenters. The Morgan fingerprint density at radius 2 is 1.44 bits per heavy atom. The summed E-state index contributed by atoms with van der Waals surface area (Å²) in [6.45, 7) is 2.26. The molecule has 1 heterocycles. The highest BCUT2D eigenvalue weighted by Gasteiger charge is 2.10. The Morgan fingerprint density at radius 1 is 0.880 bits per heavy atom. The minimum atomic E-state index is 0.00530. The molecule has 1 aromatic rings. The molecule has 0 aliphatic carbocycles. The number of aromatic nitrogens is 4. The van der Waals surface area contributed by atoms with Crippen LogP contribution in [0.5, 0.6) is 0 Å². The van der Waals surface area contributed by atoms with Crippen molar-refractivity contribution in [3.8, 4) is 0 Å². The van der Waals surface area contributed by atoms with Crippen LogP contribution in [-0.4, -0.2) is 26.0 Å². The molecule has 0 saturated heterocycles. The molecule has 0 fully saturated rings. The molecule has 25 heavy (non-hydrogen) atoms. The second kappa shape index (κ2) is 14.8. The Bertz CT molecular complexity index is 482. The normalized spacial score (nSPS) is 11.4. The smallest absolute Gasteiger partial charge is 0.240 e. The zero-order valence-corrected chi connectivity index (χ0v) is 16.3. The number of allylic oxidation sites excluding steroid dienone is 2. The maximum atomic E-state index is 11.8. The predicted molar refractivity (Wildman–Crippen MR) is 103 cm³/mol. The number of carbonyl (C=O) groups excluding carboxylic acids is 1. The van der Waals surface area contributed by atoms with Gasteiger partial charge >= 0.3 is 0 Å². The van der Waals surface area contributed by atoms with Crippen LogP contribution < -0.4 is 0 Å². The topological polar surface area (TPSA) is 60.7 Å². The fourth-order valence-electron chi connectivity index (χ4n) is 2.86. The molecule has 142 valence electrons. The average molecular weight is 349 g/mol. The van der Waals surface area contributed by atoms with E-state index in [1.54, 1.807) is 7.05 Å². The van der Waals surface area contributed by atoms with Crippen LogP contribution in [0.3, 0.4) is 0 Å². The van der Waals surface area contributed by atoms with Crippen LogP contribution in [0.15, 0.2) is 12.2 Å². The van der Waals surface area contributed by atoms with Crippen molar-refractivity contribution in [1.82, 2.24) is 20.2 Å². The van der Waals surface area contributed by atoms with Crippen LogP contribution in [0.1, 0.15) is 107 Å². The first-order valence-electron chi connectivity index (χ1n) is 10.2. The molecule has 0 N–H and O–H groups in total. The number of nitrogens with zero attached hydrogens (tertiary/aromatic N) is 4. The van der Waals surface area contributed by atoms with Crippen LogP contribution in [0.2, 0.25) is 0 Å². The van der Waals surface area contributed by atoms with Crippen molar-refractivity contribution in [2.75, 3.05) is 0 Å². The largest absolute Gasteiger partial charge is 0.291 e. The van der Waals surface area contributed by atoms with Gasteiger partial charge in [-0.15, -0.1) is 10.2 Å². The maximum Gasteiger partial charge on any atom is 0.240 e. The molecule has 0 atom stereocenters. The Balaban J connectivity index is 1.84. The molecular weight excluding hydrogens is 312 g/mol. The van der Waals surface area contributed by atoms with Crippen LogP contribution in [0.4, 0.5) is 0 Å². The number of aryl methyl sites for hydroxylation is 1. The summed E-state index contributed by atoms with van der Waals surface area (Å²) >= 11 is 0. The Kier molecular flexibility index (Phi) is 12.7. The highest BCUT2D eigenvalue weighted by molar-refractivity contribution is 5.92. The van der Waals surface area contributed by atoms with E-state index in [1.165, 1.54) is 75.4 Å². The lowest BCUT2D eigenvalue weighted by atomic mass is 10.1. The number of rotatable bonds is 16. The van der Waals surface area contributed by atoms with E-state index in [-0.39, 0.29) is 11.6 Å². The Hall–Kier alpha value is -1.52. The number of tetrazole rings is 1. The van der Waals surface area contributed by atoms with E-state index in [4.69, 9.17) is 0 Å². The lowest BCUT2D eigenvalue weighted by Crippen LogP contribution is -2.02. The monoisotopic (exact) mass is 348 g/mol. The summed E-state index contributed by atoms with van der Waals surface area (Å²) < 4.78 is 0. The van der Waals surface area contributed by atoms with Gasteiger partial charge in [0.15, 0.2) is 0 Å². The second-order valence-electron chi connectivity index (χ2n) is 6.86. The quantitative estimate of drug-likeness (QED) is 0.227. The molecule has 0 amide bonds. The van der Waals surface area contributed by atoms with Crippen molar-refractivity contribution in [3.05, 3.63) is 18.0 Å².